The maximum atomic E-state index is 6.17. The van der Waals surface area contributed by atoms with E-state index in [9.17, 15) is 0 Å². The average Bonchev–Trinajstić information content (AvgIpc) is 2.66. The molecule has 1 fully saturated rings. The van der Waals surface area contributed by atoms with Gasteiger partial charge < -0.3 is 16.0 Å². The van der Waals surface area contributed by atoms with Gasteiger partial charge in [-0.05, 0) is 66.5 Å². The molecular formula is C15H23BrClN3. The number of rotatable bonds is 4. The number of nitrogens with zero attached hydrogens (tertiary/aromatic N) is 1. The van der Waals surface area contributed by atoms with Crippen molar-refractivity contribution in [3.05, 3.63) is 27.7 Å². The molecule has 1 heterocycles. The van der Waals surface area contributed by atoms with Gasteiger partial charge in [0.2, 0.25) is 0 Å². The summed E-state index contributed by atoms with van der Waals surface area (Å²) in [6, 6.07) is 5.99. The lowest BCUT2D eigenvalue weighted by atomic mass is 9.90. The van der Waals surface area contributed by atoms with E-state index < -0.39 is 0 Å². The zero-order valence-corrected chi connectivity index (χ0v) is 14.3. The van der Waals surface area contributed by atoms with E-state index in [0.29, 0.717) is 6.54 Å². The van der Waals surface area contributed by atoms with Crippen LogP contribution in [0.5, 0.6) is 0 Å². The highest BCUT2D eigenvalue weighted by molar-refractivity contribution is 9.10. The van der Waals surface area contributed by atoms with E-state index >= 15 is 0 Å². The lowest BCUT2D eigenvalue weighted by Gasteiger charge is -2.34. The summed E-state index contributed by atoms with van der Waals surface area (Å²) in [4.78, 5) is 2.49. The normalized spacial score (nSPS) is 24.4. The highest BCUT2D eigenvalue weighted by Gasteiger charge is 2.31. The summed E-state index contributed by atoms with van der Waals surface area (Å²) < 4.78 is 0.921. The number of halogens is 2. The smallest absolute Gasteiger partial charge is 0.0568 e. The molecule has 2 rings (SSSR count). The largest absolute Gasteiger partial charge is 0.378 e. The summed E-state index contributed by atoms with van der Waals surface area (Å²) in [6.07, 6.45) is 3.36. The van der Waals surface area contributed by atoms with E-state index in [0.717, 1.165) is 41.1 Å². The second kappa shape index (κ2) is 7.12. The number of hydrogen-bond acceptors (Lipinski definition) is 3. The summed E-state index contributed by atoms with van der Waals surface area (Å²) in [5, 5.41) is 4.37. The predicted molar refractivity (Wildman–Crippen MR) is 90.5 cm³/mol. The molecule has 1 saturated heterocycles. The fraction of sp³-hybridized carbons (Fsp3) is 0.600. The van der Waals surface area contributed by atoms with E-state index in [2.05, 4.69) is 39.1 Å². The molecule has 1 unspecified atom stereocenters. The highest BCUT2D eigenvalue weighted by atomic mass is 79.9. The summed E-state index contributed by atoms with van der Waals surface area (Å²) in [7, 11) is 0. The maximum absolute atomic E-state index is 6.17. The molecule has 0 bridgehead atoms. The van der Waals surface area contributed by atoms with Gasteiger partial charge in [-0.3, -0.25) is 0 Å². The molecule has 0 spiro atoms. The average molecular weight is 361 g/mol. The first-order valence-corrected chi connectivity index (χ1v) is 8.41. The Balaban J connectivity index is 2.12. The Bertz CT molecular complexity index is 455. The van der Waals surface area contributed by atoms with E-state index in [1.807, 2.05) is 12.1 Å². The van der Waals surface area contributed by atoms with Crippen LogP contribution in [0.3, 0.4) is 0 Å². The third-order valence-corrected chi connectivity index (χ3v) is 5.44. The van der Waals surface area contributed by atoms with Crippen molar-refractivity contribution in [3.63, 3.8) is 0 Å². The Hall–Kier alpha value is -0.290. The van der Waals surface area contributed by atoms with Crippen LogP contribution in [0, 0.1) is 0 Å². The van der Waals surface area contributed by atoms with Crippen molar-refractivity contribution in [2.45, 2.75) is 31.7 Å². The van der Waals surface area contributed by atoms with Gasteiger partial charge in [-0.1, -0.05) is 18.5 Å². The number of nitrogens with two attached hydrogens (primary N) is 1. The molecular weight excluding hydrogens is 338 g/mol. The first kappa shape index (κ1) is 16.1. The van der Waals surface area contributed by atoms with E-state index in [-0.39, 0.29) is 5.54 Å². The van der Waals surface area contributed by atoms with Gasteiger partial charge in [0.05, 0.1) is 10.6 Å². The zero-order valence-electron chi connectivity index (χ0n) is 12.0. The molecule has 1 atom stereocenters. The van der Waals surface area contributed by atoms with Gasteiger partial charge in [-0.2, -0.15) is 0 Å². The third-order valence-electron chi connectivity index (χ3n) is 4.20. The number of anilines is 1. The van der Waals surface area contributed by atoms with Crippen molar-refractivity contribution >= 4 is 33.2 Å². The van der Waals surface area contributed by atoms with Crippen LogP contribution in [-0.4, -0.2) is 36.6 Å². The lowest BCUT2D eigenvalue weighted by molar-refractivity contribution is 0.293. The Kier molecular flexibility index (Phi) is 5.73. The first-order chi connectivity index (χ1) is 9.58. The minimum Gasteiger partial charge on any atom is -0.378 e. The lowest BCUT2D eigenvalue weighted by Crippen LogP contribution is -2.46. The number of benzene rings is 1. The molecule has 1 aliphatic heterocycles. The molecule has 0 aromatic heterocycles. The van der Waals surface area contributed by atoms with E-state index in [4.69, 9.17) is 17.3 Å². The molecule has 3 N–H and O–H groups in total. The molecule has 0 radical (unpaired) electrons. The fourth-order valence-electron chi connectivity index (χ4n) is 2.83. The zero-order chi connectivity index (χ0) is 14.6. The van der Waals surface area contributed by atoms with Crippen LogP contribution in [0.2, 0.25) is 5.02 Å². The first-order valence-electron chi connectivity index (χ1n) is 7.24. The van der Waals surface area contributed by atoms with Crippen LogP contribution in [0.15, 0.2) is 22.7 Å². The van der Waals surface area contributed by atoms with Crippen molar-refractivity contribution in [1.29, 1.82) is 0 Å². The van der Waals surface area contributed by atoms with Crippen molar-refractivity contribution in [3.8, 4) is 0 Å². The second-order valence-corrected chi connectivity index (χ2v) is 6.79. The van der Waals surface area contributed by atoms with Crippen LogP contribution in [-0.2, 0) is 0 Å². The van der Waals surface area contributed by atoms with Crippen LogP contribution in [0.1, 0.15) is 26.2 Å². The standard InChI is InChI=1S/C15H23BrClN3/c1-2-20-8-3-6-15(11-18,7-9-20)19-12-4-5-13(16)14(17)10-12/h4-5,10,19H,2-3,6-9,11,18H2,1H3. The number of likely N-dealkylation sites (tertiary alicyclic amines) is 1. The Morgan fingerprint density at radius 2 is 2.20 bits per heavy atom. The van der Waals surface area contributed by atoms with Crippen molar-refractivity contribution in [1.82, 2.24) is 4.90 Å². The van der Waals surface area contributed by atoms with Gasteiger partial charge in [-0.15, -0.1) is 0 Å². The summed E-state index contributed by atoms with van der Waals surface area (Å²) in [5.74, 6) is 0. The van der Waals surface area contributed by atoms with Gasteiger partial charge >= 0.3 is 0 Å². The van der Waals surface area contributed by atoms with Gasteiger partial charge in [0, 0.05) is 23.2 Å². The van der Waals surface area contributed by atoms with Crippen molar-refractivity contribution < 1.29 is 0 Å². The van der Waals surface area contributed by atoms with Gasteiger partial charge in [0.15, 0.2) is 0 Å². The molecule has 1 aliphatic rings. The maximum Gasteiger partial charge on any atom is 0.0568 e. The minimum atomic E-state index is -0.0128. The summed E-state index contributed by atoms with van der Waals surface area (Å²) in [5.41, 5.74) is 7.12. The van der Waals surface area contributed by atoms with Crippen LogP contribution >= 0.6 is 27.5 Å². The van der Waals surface area contributed by atoms with E-state index in [1.165, 1.54) is 13.0 Å². The Morgan fingerprint density at radius 1 is 1.40 bits per heavy atom. The molecule has 112 valence electrons. The SMILES string of the molecule is CCN1CCCC(CN)(Nc2ccc(Br)c(Cl)c2)CC1. The molecule has 1 aromatic rings. The summed E-state index contributed by atoms with van der Waals surface area (Å²) in [6.45, 7) is 6.26. The van der Waals surface area contributed by atoms with Crippen molar-refractivity contribution in [2.75, 3.05) is 31.5 Å². The third kappa shape index (κ3) is 3.88. The van der Waals surface area contributed by atoms with Crippen LogP contribution in [0.25, 0.3) is 0 Å². The van der Waals surface area contributed by atoms with Crippen LogP contribution in [0.4, 0.5) is 5.69 Å². The van der Waals surface area contributed by atoms with Crippen molar-refractivity contribution in [2.24, 2.45) is 5.73 Å². The molecule has 0 amide bonds. The molecule has 0 aliphatic carbocycles. The fourth-order valence-corrected chi connectivity index (χ4v) is 3.25. The Morgan fingerprint density at radius 3 is 2.85 bits per heavy atom. The predicted octanol–water partition coefficient (Wildman–Crippen LogP) is 3.72. The molecule has 3 nitrogen and oxygen atoms in total. The topological polar surface area (TPSA) is 41.3 Å². The molecule has 0 saturated carbocycles. The molecule has 5 heteroatoms. The van der Waals surface area contributed by atoms with Crippen LogP contribution < -0.4 is 11.1 Å². The second-order valence-electron chi connectivity index (χ2n) is 5.53. The molecule has 1 aromatic carbocycles. The minimum absolute atomic E-state index is 0.0128. The van der Waals surface area contributed by atoms with E-state index in [1.54, 1.807) is 0 Å². The Labute approximate surface area is 135 Å². The highest BCUT2D eigenvalue weighted by Crippen LogP contribution is 2.30. The monoisotopic (exact) mass is 359 g/mol. The van der Waals surface area contributed by atoms with Gasteiger partial charge in [0.25, 0.3) is 0 Å². The molecule has 20 heavy (non-hydrogen) atoms. The quantitative estimate of drug-likeness (QED) is 0.860. The van der Waals surface area contributed by atoms with Gasteiger partial charge in [-0.25, -0.2) is 0 Å². The number of nitrogens with one attached hydrogen (secondary N) is 1. The summed E-state index contributed by atoms with van der Waals surface area (Å²) >= 11 is 9.60. The number of hydrogen-bond donors (Lipinski definition) is 2. The van der Waals surface area contributed by atoms with Gasteiger partial charge in [0.1, 0.15) is 0 Å².